The smallest absolute Gasteiger partial charge is 0.249 e. The summed E-state index contributed by atoms with van der Waals surface area (Å²) >= 11 is 0. The fourth-order valence-electron chi connectivity index (χ4n) is 3.08. The SMILES string of the molecule is O=C1CCC(N2CCc3cc4cc[nH]c4nc32)C(=O)N1. The van der Waals surface area contributed by atoms with Gasteiger partial charge in [0.1, 0.15) is 17.5 Å². The molecule has 0 aromatic carbocycles. The summed E-state index contributed by atoms with van der Waals surface area (Å²) in [4.78, 5) is 33.0. The minimum absolute atomic E-state index is 0.182. The number of carbonyl (C=O) groups is 2. The molecule has 1 saturated heterocycles. The van der Waals surface area contributed by atoms with Gasteiger partial charge in [0.25, 0.3) is 0 Å². The van der Waals surface area contributed by atoms with Gasteiger partial charge in [0, 0.05) is 24.5 Å². The summed E-state index contributed by atoms with van der Waals surface area (Å²) in [7, 11) is 0. The highest BCUT2D eigenvalue weighted by atomic mass is 16.2. The summed E-state index contributed by atoms with van der Waals surface area (Å²) in [6.45, 7) is 0.779. The number of imide groups is 1. The molecule has 1 atom stereocenters. The molecule has 2 amide bonds. The van der Waals surface area contributed by atoms with Gasteiger partial charge in [-0.3, -0.25) is 14.9 Å². The van der Waals surface area contributed by atoms with Gasteiger partial charge in [-0.25, -0.2) is 4.98 Å². The van der Waals surface area contributed by atoms with E-state index >= 15 is 0 Å². The maximum Gasteiger partial charge on any atom is 0.249 e. The molecule has 1 fully saturated rings. The summed E-state index contributed by atoms with van der Waals surface area (Å²) in [5.41, 5.74) is 2.00. The Labute approximate surface area is 115 Å². The van der Waals surface area contributed by atoms with Gasteiger partial charge in [-0.15, -0.1) is 0 Å². The molecular weight excluding hydrogens is 256 g/mol. The number of piperidine rings is 1. The number of pyridine rings is 1. The van der Waals surface area contributed by atoms with Gasteiger partial charge in [0.15, 0.2) is 0 Å². The Bertz CT molecular complexity index is 721. The van der Waals surface area contributed by atoms with Crippen LogP contribution < -0.4 is 10.2 Å². The number of anilines is 1. The van der Waals surface area contributed by atoms with Crippen LogP contribution in [0, 0.1) is 0 Å². The number of nitrogens with zero attached hydrogens (tertiary/aromatic N) is 2. The van der Waals surface area contributed by atoms with E-state index in [0.717, 1.165) is 29.8 Å². The molecular formula is C14H14N4O2. The fourth-order valence-corrected chi connectivity index (χ4v) is 3.08. The predicted octanol–water partition coefficient (Wildman–Crippen LogP) is 0.731. The summed E-state index contributed by atoms with van der Waals surface area (Å²) in [5.74, 6) is 0.482. The van der Waals surface area contributed by atoms with Crippen LogP contribution in [0.4, 0.5) is 5.82 Å². The molecule has 0 aliphatic carbocycles. The van der Waals surface area contributed by atoms with Crippen LogP contribution in [0.1, 0.15) is 18.4 Å². The van der Waals surface area contributed by atoms with E-state index in [0.29, 0.717) is 12.8 Å². The van der Waals surface area contributed by atoms with E-state index in [1.165, 1.54) is 5.56 Å². The van der Waals surface area contributed by atoms with Gasteiger partial charge in [-0.1, -0.05) is 0 Å². The molecule has 1 unspecified atom stereocenters. The number of carbonyl (C=O) groups excluding carboxylic acids is 2. The number of aromatic amines is 1. The Morgan fingerprint density at radius 1 is 1.30 bits per heavy atom. The first kappa shape index (κ1) is 11.5. The van der Waals surface area contributed by atoms with Crippen LogP contribution in [0.25, 0.3) is 11.0 Å². The highest BCUT2D eigenvalue weighted by Crippen LogP contribution is 2.32. The van der Waals surface area contributed by atoms with E-state index in [1.807, 2.05) is 17.2 Å². The molecule has 20 heavy (non-hydrogen) atoms. The Kier molecular flexibility index (Phi) is 2.33. The summed E-state index contributed by atoms with van der Waals surface area (Å²) in [5, 5.41) is 3.51. The van der Waals surface area contributed by atoms with Crippen molar-refractivity contribution in [3.8, 4) is 0 Å². The highest BCUT2D eigenvalue weighted by Gasteiger charge is 2.35. The molecule has 4 heterocycles. The Morgan fingerprint density at radius 2 is 2.20 bits per heavy atom. The van der Waals surface area contributed by atoms with Gasteiger partial charge >= 0.3 is 0 Å². The molecule has 6 nitrogen and oxygen atoms in total. The van der Waals surface area contributed by atoms with Crippen LogP contribution in [0.2, 0.25) is 0 Å². The summed E-state index contributed by atoms with van der Waals surface area (Å²) in [6, 6.07) is 3.84. The fraction of sp³-hybridized carbons (Fsp3) is 0.357. The van der Waals surface area contributed by atoms with Crippen LogP contribution in [-0.2, 0) is 16.0 Å². The molecule has 2 aliphatic rings. The molecule has 2 aromatic rings. The largest absolute Gasteiger partial charge is 0.346 e. The second-order valence-electron chi connectivity index (χ2n) is 5.30. The van der Waals surface area contributed by atoms with Crippen LogP contribution in [0.3, 0.4) is 0 Å². The van der Waals surface area contributed by atoms with E-state index in [2.05, 4.69) is 21.4 Å². The Hall–Kier alpha value is -2.37. The minimum Gasteiger partial charge on any atom is -0.346 e. The average Bonchev–Trinajstić information content (AvgIpc) is 3.02. The lowest BCUT2D eigenvalue weighted by atomic mass is 10.0. The topological polar surface area (TPSA) is 78.1 Å². The van der Waals surface area contributed by atoms with E-state index in [9.17, 15) is 9.59 Å². The first-order chi connectivity index (χ1) is 9.72. The molecule has 0 spiro atoms. The summed E-state index contributed by atoms with van der Waals surface area (Å²) < 4.78 is 0. The number of amides is 2. The van der Waals surface area contributed by atoms with Crippen molar-refractivity contribution in [1.29, 1.82) is 0 Å². The van der Waals surface area contributed by atoms with Gasteiger partial charge in [-0.05, 0) is 30.5 Å². The lowest BCUT2D eigenvalue weighted by Gasteiger charge is -2.30. The number of H-pyrrole nitrogens is 1. The Morgan fingerprint density at radius 3 is 3.05 bits per heavy atom. The maximum absolute atomic E-state index is 12.0. The maximum atomic E-state index is 12.0. The molecule has 2 N–H and O–H groups in total. The molecule has 2 aromatic heterocycles. The lowest BCUT2D eigenvalue weighted by molar-refractivity contribution is -0.134. The third kappa shape index (κ3) is 1.61. The third-order valence-corrected chi connectivity index (χ3v) is 4.07. The first-order valence-corrected chi connectivity index (χ1v) is 6.80. The lowest BCUT2D eigenvalue weighted by Crippen LogP contribution is -2.52. The van der Waals surface area contributed by atoms with Crippen molar-refractivity contribution < 1.29 is 9.59 Å². The Balaban J connectivity index is 1.72. The number of hydrogen-bond donors (Lipinski definition) is 2. The van der Waals surface area contributed by atoms with Crippen LogP contribution >= 0.6 is 0 Å². The third-order valence-electron chi connectivity index (χ3n) is 4.07. The van der Waals surface area contributed by atoms with E-state index < -0.39 is 0 Å². The average molecular weight is 270 g/mol. The van der Waals surface area contributed by atoms with Crippen molar-refractivity contribution >= 4 is 28.7 Å². The van der Waals surface area contributed by atoms with Gasteiger partial charge in [-0.2, -0.15) is 0 Å². The predicted molar refractivity (Wildman–Crippen MR) is 73.3 cm³/mol. The number of nitrogens with one attached hydrogen (secondary N) is 2. The zero-order valence-electron chi connectivity index (χ0n) is 10.8. The van der Waals surface area contributed by atoms with Crippen molar-refractivity contribution in [3.05, 3.63) is 23.9 Å². The monoisotopic (exact) mass is 270 g/mol. The van der Waals surface area contributed by atoms with Crippen LogP contribution in [0.15, 0.2) is 18.3 Å². The first-order valence-electron chi connectivity index (χ1n) is 6.80. The van der Waals surface area contributed by atoms with E-state index in [-0.39, 0.29) is 17.9 Å². The zero-order valence-corrected chi connectivity index (χ0v) is 10.8. The molecule has 0 bridgehead atoms. The highest BCUT2D eigenvalue weighted by molar-refractivity contribution is 6.02. The second kappa shape index (κ2) is 4.06. The van der Waals surface area contributed by atoms with Crippen molar-refractivity contribution in [2.75, 3.05) is 11.4 Å². The molecule has 0 radical (unpaired) electrons. The van der Waals surface area contributed by atoms with Gasteiger partial charge in [0.05, 0.1) is 0 Å². The standard InChI is InChI=1S/C14H14N4O2/c19-11-2-1-10(14(20)16-11)18-6-4-9-7-8-3-5-15-12(8)17-13(9)18/h3,5,7,10H,1-2,4,6H2,(H,15,17)(H,16,19,20). The van der Waals surface area contributed by atoms with Crippen LogP contribution in [0.5, 0.6) is 0 Å². The molecule has 4 rings (SSSR count). The van der Waals surface area contributed by atoms with Gasteiger partial charge in [0.2, 0.25) is 11.8 Å². The minimum atomic E-state index is -0.283. The van der Waals surface area contributed by atoms with Crippen molar-refractivity contribution in [3.63, 3.8) is 0 Å². The van der Waals surface area contributed by atoms with Gasteiger partial charge < -0.3 is 9.88 Å². The quantitative estimate of drug-likeness (QED) is 0.749. The molecule has 0 saturated carbocycles. The van der Waals surface area contributed by atoms with Crippen molar-refractivity contribution in [1.82, 2.24) is 15.3 Å². The zero-order chi connectivity index (χ0) is 13.7. The second-order valence-corrected chi connectivity index (χ2v) is 5.30. The number of aromatic nitrogens is 2. The van der Waals surface area contributed by atoms with Crippen molar-refractivity contribution in [2.45, 2.75) is 25.3 Å². The molecule has 6 heteroatoms. The molecule has 2 aliphatic heterocycles. The number of fused-ring (bicyclic) bond motifs is 2. The van der Waals surface area contributed by atoms with E-state index in [4.69, 9.17) is 0 Å². The number of rotatable bonds is 1. The number of hydrogen-bond acceptors (Lipinski definition) is 4. The van der Waals surface area contributed by atoms with Crippen LogP contribution in [-0.4, -0.2) is 34.4 Å². The van der Waals surface area contributed by atoms with Crippen molar-refractivity contribution in [2.24, 2.45) is 0 Å². The normalized spacial score (nSPS) is 22.2. The summed E-state index contributed by atoms with van der Waals surface area (Å²) in [6.07, 6.45) is 3.71. The van der Waals surface area contributed by atoms with E-state index in [1.54, 1.807) is 0 Å². The molecule has 102 valence electrons.